The maximum atomic E-state index is 4.08. The van der Waals surface area contributed by atoms with Crippen LogP contribution >= 0.6 is 0 Å². The first-order valence-electron chi connectivity index (χ1n) is 5.69. The van der Waals surface area contributed by atoms with Gasteiger partial charge in [-0.2, -0.15) is 0 Å². The quantitative estimate of drug-likeness (QED) is 0.475. The molecular formula is C12H26N2. The van der Waals surface area contributed by atoms with Crippen LogP contribution in [0.25, 0.3) is 0 Å². The molecule has 0 bridgehead atoms. The molecule has 0 aromatic heterocycles. The van der Waals surface area contributed by atoms with Crippen LogP contribution in [0.15, 0.2) is 12.2 Å². The third-order valence-corrected chi connectivity index (χ3v) is 2.62. The fraction of sp³-hybridized carbons (Fsp3) is 0.833. The number of likely N-dealkylation sites (N-methyl/N-ethyl adjacent to an activating group) is 1. The van der Waals surface area contributed by atoms with Gasteiger partial charge in [0.05, 0.1) is 0 Å². The van der Waals surface area contributed by atoms with Crippen molar-refractivity contribution in [3.05, 3.63) is 12.2 Å². The minimum atomic E-state index is 0.651. The third-order valence-electron chi connectivity index (χ3n) is 2.62. The molecule has 1 N–H and O–H groups in total. The molecule has 0 heterocycles. The Morgan fingerprint density at radius 3 is 2.57 bits per heavy atom. The molecule has 0 aromatic rings. The molecule has 0 fully saturated rings. The Balaban J connectivity index is 3.60. The lowest BCUT2D eigenvalue weighted by atomic mass is 10.2. The topological polar surface area (TPSA) is 15.3 Å². The molecule has 0 aliphatic carbocycles. The van der Waals surface area contributed by atoms with E-state index in [1.165, 1.54) is 18.4 Å². The van der Waals surface area contributed by atoms with Gasteiger partial charge in [-0.1, -0.05) is 20.4 Å². The SMILES string of the molecule is C=C(CNCCC)CN(C)C(C)CC. The van der Waals surface area contributed by atoms with E-state index in [0.29, 0.717) is 6.04 Å². The highest BCUT2D eigenvalue weighted by Crippen LogP contribution is 2.02. The lowest BCUT2D eigenvalue weighted by Gasteiger charge is -2.24. The van der Waals surface area contributed by atoms with Gasteiger partial charge in [0, 0.05) is 19.1 Å². The Morgan fingerprint density at radius 1 is 1.43 bits per heavy atom. The molecule has 0 aliphatic rings. The van der Waals surface area contributed by atoms with Gasteiger partial charge in [0.2, 0.25) is 0 Å². The number of nitrogens with zero attached hydrogens (tertiary/aromatic N) is 1. The largest absolute Gasteiger partial charge is 0.313 e. The van der Waals surface area contributed by atoms with Crippen molar-refractivity contribution in [1.29, 1.82) is 0 Å². The van der Waals surface area contributed by atoms with Crippen molar-refractivity contribution in [1.82, 2.24) is 10.2 Å². The lowest BCUT2D eigenvalue weighted by Crippen LogP contribution is -2.32. The van der Waals surface area contributed by atoms with E-state index in [0.717, 1.165) is 19.6 Å². The molecule has 2 nitrogen and oxygen atoms in total. The molecule has 0 amide bonds. The molecule has 0 rings (SSSR count). The van der Waals surface area contributed by atoms with Crippen LogP contribution < -0.4 is 5.32 Å². The fourth-order valence-electron chi connectivity index (χ4n) is 1.32. The van der Waals surface area contributed by atoms with Gasteiger partial charge >= 0.3 is 0 Å². The summed E-state index contributed by atoms with van der Waals surface area (Å²) in [6.45, 7) is 13.8. The molecule has 84 valence electrons. The molecule has 14 heavy (non-hydrogen) atoms. The monoisotopic (exact) mass is 198 g/mol. The first-order valence-corrected chi connectivity index (χ1v) is 5.69. The van der Waals surface area contributed by atoms with E-state index in [4.69, 9.17) is 0 Å². The second-order valence-electron chi connectivity index (χ2n) is 4.10. The second-order valence-corrected chi connectivity index (χ2v) is 4.10. The maximum absolute atomic E-state index is 4.08. The van der Waals surface area contributed by atoms with E-state index in [1.807, 2.05) is 0 Å². The Kier molecular flexibility index (Phi) is 7.81. The minimum Gasteiger partial charge on any atom is -0.313 e. The van der Waals surface area contributed by atoms with Crippen molar-refractivity contribution >= 4 is 0 Å². The van der Waals surface area contributed by atoms with Crippen LogP contribution in [0.1, 0.15) is 33.6 Å². The van der Waals surface area contributed by atoms with Crippen LogP contribution in [0.2, 0.25) is 0 Å². The highest BCUT2D eigenvalue weighted by Gasteiger charge is 2.07. The zero-order valence-corrected chi connectivity index (χ0v) is 10.3. The molecule has 2 heteroatoms. The van der Waals surface area contributed by atoms with Crippen molar-refractivity contribution < 1.29 is 0 Å². The van der Waals surface area contributed by atoms with E-state index < -0.39 is 0 Å². The molecule has 0 saturated carbocycles. The van der Waals surface area contributed by atoms with Gasteiger partial charge in [0.15, 0.2) is 0 Å². The van der Waals surface area contributed by atoms with Crippen molar-refractivity contribution in [2.24, 2.45) is 0 Å². The van der Waals surface area contributed by atoms with Crippen LogP contribution in [0.3, 0.4) is 0 Å². The van der Waals surface area contributed by atoms with Crippen LogP contribution in [0, 0.1) is 0 Å². The Hall–Kier alpha value is -0.340. The standard InChI is InChI=1S/C12H26N2/c1-6-8-13-9-11(3)10-14(5)12(4)7-2/h12-13H,3,6-10H2,1-2,4-5H3. The lowest BCUT2D eigenvalue weighted by molar-refractivity contribution is 0.270. The van der Waals surface area contributed by atoms with Crippen LogP contribution in [0.5, 0.6) is 0 Å². The summed E-state index contributed by atoms with van der Waals surface area (Å²) in [5.41, 5.74) is 1.28. The molecule has 0 radical (unpaired) electrons. The number of hydrogen-bond acceptors (Lipinski definition) is 2. The zero-order chi connectivity index (χ0) is 11.0. The first kappa shape index (κ1) is 13.7. The Bertz CT molecular complexity index is 154. The number of hydrogen-bond donors (Lipinski definition) is 1. The predicted octanol–water partition coefficient (Wildman–Crippen LogP) is 2.27. The van der Waals surface area contributed by atoms with E-state index in [1.54, 1.807) is 0 Å². The van der Waals surface area contributed by atoms with E-state index >= 15 is 0 Å². The summed E-state index contributed by atoms with van der Waals surface area (Å²) in [6, 6.07) is 0.651. The molecule has 1 atom stereocenters. The highest BCUT2D eigenvalue weighted by atomic mass is 15.1. The van der Waals surface area contributed by atoms with Crippen molar-refractivity contribution in [3.8, 4) is 0 Å². The minimum absolute atomic E-state index is 0.651. The van der Waals surface area contributed by atoms with Gasteiger partial charge in [0.25, 0.3) is 0 Å². The zero-order valence-electron chi connectivity index (χ0n) is 10.3. The smallest absolute Gasteiger partial charge is 0.0202 e. The second kappa shape index (κ2) is 8.01. The van der Waals surface area contributed by atoms with Gasteiger partial charge < -0.3 is 5.32 Å². The predicted molar refractivity (Wildman–Crippen MR) is 64.7 cm³/mol. The van der Waals surface area contributed by atoms with Gasteiger partial charge in [-0.05, 0) is 38.9 Å². The summed E-state index contributed by atoms with van der Waals surface area (Å²) in [5, 5.41) is 3.37. The molecule has 0 aliphatic heterocycles. The molecule has 0 aromatic carbocycles. The summed E-state index contributed by atoms with van der Waals surface area (Å²) < 4.78 is 0. The maximum Gasteiger partial charge on any atom is 0.0202 e. The van der Waals surface area contributed by atoms with Crippen LogP contribution in [-0.2, 0) is 0 Å². The van der Waals surface area contributed by atoms with Crippen LogP contribution in [0.4, 0.5) is 0 Å². The molecule has 0 spiro atoms. The third kappa shape index (κ3) is 6.17. The summed E-state index contributed by atoms with van der Waals surface area (Å²) in [4.78, 5) is 2.36. The summed E-state index contributed by atoms with van der Waals surface area (Å²) >= 11 is 0. The van der Waals surface area contributed by atoms with Gasteiger partial charge in [-0.25, -0.2) is 0 Å². The van der Waals surface area contributed by atoms with Crippen molar-refractivity contribution in [2.75, 3.05) is 26.7 Å². The summed E-state index contributed by atoms with van der Waals surface area (Å²) in [5.74, 6) is 0. The summed E-state index contributed by atoms with van der Waals surface area (Å²) in [6.07, 6.45) is 2.39. The summed E-state index contributed by atoms with van der Waals surface area (Å²) in [7, 11) is 2.17. The van der Waals surface area contributed by atoms with Crippen molar-refractivity contribution in [2.45, 2.75) is 39.7 Å². The fourth-order valence-corrected chi connectivity index (χ4v) is 1.32. The van der Waals surface area contributed by atoms with E-state index in [2.05, 4.69) is 44.6 Å². The average Bonchev–Trinajstić information content (AvgIpc) is 2.16. The molecular weight excluding hydrogens is 172 g/mol. The van der Waals surface area contributed by atoms with Crippen LogP contribution in [-0.4, -0.2) is 37.6 Å². The number of nitrogens with one attached hydrogen (secondary N) is 1. The first-order chi connectivity index (χ1) is 6.61. The Labute approximate surface area is 89.4 Å². The van der Waals surface area contributed by atoms with E-state index in [-0.39, 0.29) is 0 Å². The number of rotatable bonds is 8. The van der Waals surface area contributed by atoms with E-state index in [9.17, 15) is 0 Å². The highest BCUT2D eigenvalue weighted by molar-refractivity contribution is 4.99. The molecule has 1 unspecified atom stereocenters. The average molecular weight is 198 g/mol. The van der Waals surface area contributed by atoms with Gasteiger partial charge in [-0.15, -0.1) is 0 Å². The molecule has 0 saturated heterocycles. The Morgan fingerprint density at radius 2 is 2.07 bits per heavy atom. The van der Waals surface area contributed by atoms with Crippen molar-refractivity contribution in [3.63, 3.8) is 0 Å². The van der Waals surface area contributed by atoms with Gasteiger partial charge in [-0.3, -0.25) is 4.90 Å². The van der Waals surface area contributed by atoms with Gasteiger partial charge in [0.1, 0.15) is 0 Å². The normalized spacial score (nSPS) is 13.2.